The van der Waals surface area contributed by atoms with Crippen molar-refractivity contribution in [1.29, 1.82) is 0 Å². The summed E-state index contributed by atoms with van der Waals surface area (Å²) in [6, 6.07) is 5.80. The quantitative estimate of drug-likeness (QED) is 0.907. The van der Waals surface area contributed by atoms with Crippen LogP contribution in [0.4, 0.5) is 5.69 Å². The lowest BCUT2D eigenvalue weighted by molar-refractivity contribution is 0.0697. The molecule has 0 bridgehead atoms. The van der Waals surface area contributed by atoms with Crippen molar-refractivity contribution in [2.24, 2.45) is 0 Å². The monoisotopic (exact) mass is 296 g/mol. The number of likely N-dealkylation sites (N-methyl/N-ethyl adjacent to an activating group) is 1. The van der Waals surface area contributed by atoms with Gasteiger partial charge in [-0.3, -0.25) is 4.90 Å². The van der Waals surface area contributed by atoms with Crippen LogP contribution in [0.5, 0.6) is 0 Å². The number of anilines is 1. The topological polar surface area (TPSA) is 43.8 Å². The predicted octanol–water partition coefficient (Wildman–Crippen LogP) is 2.96. The number of carboxylic acids is 1. The fourth-order valence-electron chi connectivity index (χ4n) is 2.89. The van der Waals surface area contributed by atoms with Crippen molar-refractivity contribution in [2.45, 2.75) is 26.3 Å². The Morgan fingerprint density at radius 1 is 1.45 bits per heavy atom. The SMILES string of the molecule is CCN(CC)C1CCN(c2ccc(Cl)c(C(=O)O)c2)C1. The van der Waals surface area contributed by atoms with Gasteiger partial charge in [-0.2, -0.15) is 0 Å². The number of hydrogen-bond acceptors (Lipinski definition) is 3. The highest BCUT2D eigenvalue weighted by molar-refractivity contribution is 6.33. The summed E-state index contributed by atoms with van der Waals surface area (Å²) in [7, 11) is 0. The van der Waals surface area contributed by atoms with Gasteiger partial charge in [0.05, 0.1) is 10.6 Å². The smallest absolute Gasteiger partial charge is 0.337 e. The first-order chi connectivity index (χ1) is 9.56. The van der Waals surface area contributed by atoms with E-state index in [1.807, 2.05) is 6.07 Å². The first-order valence-electron chi connectivity index (χ1n) is 7.08. The molecule has 110 valence electrons. The lowest BCUT2D eigenvalue weighted by Gasteiger charge is -2.26. The number of benzene rings is 1. The van der Waals surface area contributed by atoms with Gasteiger partial charge in [-0.05, 0) is 37.7 Å². The molecule has 0 aliphatic carbocycles. The van der Waals surface area contributed by atoms with Gasteiger partial charge in [0.2, 0.25) is 0 Å². The summed E-state index contributed by atoms with van der Waals surface area (Å²) in [6.45, 7) is 8.37. The zero-order valence-corrected chi connectivity index (χ0v) is 12.7. The molecule has 1 saturated heterocycles. The molecule has 4 nitrogen and oxygen atoms in total. The summed E-state index contributed by atoms with van der Waals surface area (Å²) >= 11 is 5.91. The second kappa shape index (κ2) is 6.46. The van der Waals surface area contributed by atoms with Gasteiger partial charge < -0.3 is 10.0 Å². The lowest BCUT2D eigenvalue weighted by atomic mass is 10.2. The molecule has 1 atom stereocenters. The standard InChI is InChI=1S/C15H21ClN2O2/c1-3-17(4-2)12-7-8-18(10-12)11-5-6-14(16)13(9-11)15(19)20/h5-6,9,12H,3-4,7-8,10H2,1-2H3,(H,19,20). The van der Waals surface area contributed by atoms with Gasteiger partial charge in [-0.1, -0.05) is 25.4 Å². The van der Waals surface area contributed by atoms with E-state index in [4.69, 9.17) is 16.7 Å². The average Bonchev–Trinajstić information content (AvgIpc) is 2.90. The highest BCUT2D eigenvalue weighted by atomic mass is 35.5. The number of halogens is 1. The van der Waals surface area contributed by atoms with E-state index in [0.717, 1.165) is 38.3 Å². The molecule has 0 saturated carbocycles. The van der Waals surface area contributed by atoms with Gasteiger partial charge in [0.1, 0.15) is 0 Å². The molecule has 1 aliphatic rings. The van der Waals surface area contributed by atoms with Crippen molar-refractivity contribution in [3.63, 3.8) is 0 Å². The first kappa shape index (κ1) is 15.1. The van der Waals surface area contributed by atoms with Crippen LogP contribution in [0.3, 0.4) is 0 Å². The van der Waals surface area contributed by atoms with Crippen LogP contribution in [0, 0.1) is 0 Å². The van der Waals surface area contributed by atoms with Crippen LogP contribution >= 0.6 is 11.6 Å². The molecule has 2 rings (SSSR count). The van der Waals surface area contributed by atoms with E-state index in [1.54, 1.807) is 12.1 Å². The number of carboxylic acid groups (broad SMARTS) is 1. The van der Waals surface area contributed by atoms with Gasteiger partial charge in [-0.25, -0.2) is 4.79 Å². The second-order valence-electron chi connectivity index (χ2n) is 5.08. The summed E-state index contributed by atoms with van der Waals surface area (Å²) in [5.41, 5.74) is 1.12. The van der Waals surface area contributed by atoms with Crippen molar-refractivity contribution in [3.8, 4) is 0 Å². The highest BCUT2D eigenvalue weighted by Gasteiger charge is 2.26. The van der Waals surface area contributed by atoms with Crippen molar-refractivity contribution in [2.75, 3.05) is 31.1 Å². The van der Waals surface area contributed by atoms with Crippen molar-refractivity contribution >= 4 is 23.3 Å². The maximum absolute atomic E-state index is 11.1. The predicted molar refractivity (Wildman–Crippen MR) is 82.0 cm³/mol. The Morgan fingerprint density at radius 2 is 2.15 bits per heavy atom. The molecule has 1 heterocycles. The minimum atomic E-state index is -0.976. The minimum Gasteiger partial charge on any atom is -0.478 e. The van der Waals surface area contributed by atoms with Gasteiger partial charge in [-0.15, -0.1) is 0 Å². The Bertz CT molecular complexity index is 489. The number of carbonyl (C=O) groups is 1. The summed E-state index contributed by atoms with van der Waals surface area (Å²) in [4.78, 5) is 15.8. The van der Waals surface area contributed by atoms with Crippen LogP contribution in [0.1, 0.15) is 30.6 Å². The highest BCUT2D eigenvalue weighted by Crippen LogP contribution is 2.27. The maximum Gasteiger partial charge on any atom is 0.337 e. The number of rotatable bonds is 5. The normalized spacial score (nSPS) is 18.8. The molecule has 0 spiro atoms. The molecule has 1 fully saturated rings. The Balaban J connectivity index is 2.14. The molecule has 0 radical (unpaired) electrons. The zero-order valence-electron chi connectivity index (χ0n) is 12.0. The molecular weight excluding hydrogens is 276 g/mol. The van der Waals surface area contributed by atoms with Crippen LogP contribution in [-0.4, -0.2) is 48.2 Å². The Kier molecular flexibility index (Phi) is 4.89. The minimum absolute atomic E-state index is 0.176. The van der Waals surface area contributed by atoms with E-state index in [-0.39, 0.29) is 5.56 Å². The van der Waals surface area contributed by atoms with E-state index < -0.39 is 5.97 Å². The molecule has 1 unspecified atom stereocenters. The third-order valence-electron chi connectivity index (χ3n) is 4.04. The molecule has 20 heavy (non-hydrogen) atoms. The summed E-state index contributed by atoms with van der Waals surface area (Å²) < 4.78 is 0. The van der Waals surface area contributed by atoms with Crippen molar-refractivity contribution in [3.05, 3.63) is 28.8 Å². The van der Waals surface area contributed by atoms with Crippen LogP contribution < -0.4 is 4.90 Å². The Morgan fingerprint density at radius 3 is 2.75 bits per heavy atom. The van der Waals surface area contributed by atoms with Gasteiger partial charge >= 0.3 is 5.97 Å². The van der Waals surface area contributed by atoms with Gasteiger partial charge in [0, 0.05) is 24.8 Å². The maximum atomic E-state index is 11.1. The van der Waals surface area contributed by atoms with Crippen LogP contribution in [0.15, 0.2) is 18.2 Å². The fourth-order valence-corrected chi connectivity index (χ4v) is 3.09. The van der Waals surface area contributed by atoms with E-state index in [2.05, 4.69) is 23.6 Å². The number of hydrogen-bond donors (Lipinski definition) is 1. The molecule has 1 aliphatic heterocycles. The van der Waals surface area contributed by atoms with E-state index in [9.17, 15) is 4.79 Å². The largest absolute Gasteiger partial charge is 0.478 e. The van der Waals surface area contributed by atoms with Gasteiger partial charge in [0.15, 0.2) is 0 Å². The summed E-state index contributed by atoms with van der Waals surface area (Å²) in [6.07, 6.45) is 1.12. The Hall–Kier alpha value is -1.26. The number of aromatic carboxylic acids is 1. The van der Waals surface area contributed by atoms with E-state index in [1.165, 1.54) is 0 Å². The third-order valence-corrected chi connectivity index (χ3v) is 4.37. The average molecular weight is 297 g/mol. The van der Waals surface area contributed by atoms with Crippen LogP contribution in [-0.2, 0) is 0 Å². The fraction of sp³-hybridized carbons (Fsp3) is 0.533. The summed E-state index contributed by atoms with van der Waals surface area (Å²) in [5, 5.41) is 9.43. The van der Waals surface area contributed by atoms with Crippen LogP contribution in [0.25, 0.3) is 0 Å². The van der Waals surface area contributed by atoms with E-state index >= 15 is 0 Å². The molecule has 1 aromatic rings. The summed E-state index contributed by atoms with van der Waals surface area (Å²) in [5.74, 6) is -0.976. The zero-order chi connectivity index (χ0) is 14.7. The van der Waals surface area contributed by atoms with E-state index in [0.29, 0.717) is 11.1 Å². The molecule has 5 heteroatoms. The first-order valence-corrected chi connectivity index (χ1v) is 7.46. The molecular formula is C15H21ClN2O2. The lowest BCUT2D eigenvalue weighted by Crippen LogP contribution is -2.37. The van der Waals surface area contributed by atoms with Gasteiger partial charge in [0.25, 0.3) is 0 Å². The Labute approximate surface area is 124 Å². The molecule has 1 N–H and O–H groups in total. The van der Waals surface area contributed by atoms with Crippen LogP contribution in [0.2, 0.25) is 5.02 Å². The second-order valence-corrected chi connectivity index (χ2v) is 5.49. The molecule has 0 aromatic heterocycles. The number of nitrogens with zero attached hydrogens (tertiary/aromatic N) is 2. The van der Waals surface area contributed by atoms with Crippen molar-refractivity contribution in [1.82, 2.24) is 4.90 Å². The third kappa shape index (κ3) is 3.07. The molecule has 0 amide bonds. The molecule has 1 aromatic carbocycles. The van der Waals surface area contributed by atoms with Crippen molar-refractivity contribution < 1.29 is 9.90 Å².